The van der Waals surface area contributed by atoms with Gasteiger partial charge in [-0.1, -0.05) is 47.5 Å². The number of hydrogen-bond donors (Lipinski definition) is 0. The first kappa shape index (κ1) is 25.9. The lowest BCUT2D eigenvalue weighted by Gasteiger charge is -2.32. The minimum atomic E-state index is -0.414. The molecule has 1 aliphatic heterocycles. The maximum atomic E-state index is 13.7. The molecule has 0 saturated heterocycles. The van der Waals surface area contributed by atoms with Crippen molar-refractivity contribution in [2.75, 3.05) is 21.2 Å². The van der Waals surface area contributed by atoms with Crippen molar-refractivity contribution in [3.8, 4) is 11.5 Å². The van der Waals surface area contributed by atoms with Crippen molar-refractivity contribution in [2.24, 2.45) is 4.99 Å². The predicted molar refractivity (Wildman–Crippen MR) is 145 cm³/mol. The van der Waals surface area contributed by atoms with Gasteiger partial charge in [0, 0.05) is 30.2 Å². The van der Waals surface area contributed by atoms with E-state index in [1.807, 2.05) is 80.6 Å². The molecule has 1 heterocycles. The topological polar surface area (TPSA) is 54.4 Å². The molecule has 1 aliphatic rings. The van der Waals surface area contributed by atoms with Gasteiger partial charge in [-0.2, -0.15) is 0 Å². The van der Waals surface area contributed by atoms with E-state index >= 15 is 0 Å². The van der Waals surface area contributed by atoms with Crippen LogP contribution in [0.1, 0.15) is 42.6 Å². The molecule has 0 N–H and O–H groups in total. The van der Waals surface area contributed by atoms with E-state index in [0.29, 0.717) is 32.9 Å². The number of rotatable bonds is 6. The Kier molecular flexibility index (Phi) is 7.76. The number of halogens is 2. The molecule has 2 amide bonds. The molecule has 0 spiro atoms. The second kappa shape index (κ2) is 10.8. The molecule has 188 valence electrons. The molecule has 36 heavy (non-hydrogen) atoms. The number of amidine groups is 1. The number of carbonyl (C=O) groups excluding carboxylic acids is 1. The third-order valence-corrected chi connectivity index (χ3v) is 6.37. The third kappa shape index (κ3) is 5.30. The van der Waals surface area contributed by atoms with Gasteiger partial charge in [0.15, 0.2) is 0 Å². The highest BCUT2D eigenvalue weighted by Crippen LogP contribution is 2.45. The van der Waals surface area contributed by atoms with Crippen molar-refractivity contribution in [3.63, 3.8) is 0 Å². The average Bonchev–Trinajstić information content (AvgIpc) is 3.24. The van der Waals surface area contributed by atoms with Crippen molar-refractivity contribution in [1.29, 1.82) is 0 Å². The van der Waals surface area contributed by atoms with Crippen molar-refractivity contribution in [3.05, 3.63) is 93.5 Å². The van der Waals surface area contributed by atoms with Crippen LogP contribution in [0.15, 0.2) is 71.7 Å². The van der Waals surface area contributed by atoms with E-state index in [0.717, 1.165) is 11.1 Å². The van der Waals surface area contributed by atoms with E-state index in [9.17, 15) is 4.79 Å². The summed E-state index contributed by atoms with van der Waals surface area (Å²) in [7, 11) is 5.07. The summed E-state index contributed by atoms with van der Waals surface area (Å²) < 4.78 is 11.6. The molecule has 0 aromatic heterocycles. The Morgan fingerprint density at radius 1 is 0.944 bits per heavy atom. The molecule has 0 bridgehead atoms. The number of methoxy groups -OCH3 is 1. The normalized spacial score (nSPS) is 17.2. The first-order valence-electron chi connectivity index (χ1n) is 11.6. The lowest BCUT2D eigenvalue weighted by molar-refractivity contribution is 0.182. The number of nitrogens with zero attached hydrogens (tertiary/aromatic N) is 3. The Balaban J connectivity index is 1.95. The maximum Gasteiger partial charge on any atom is 0.325 e. The van der Waals surface area contributed by atoms with Crippen LogP contribution in [-0.2, 0) is 0 Å². The Labute approximate surface area is 222 Å². The van der Waals surface area contributed by atoms with E-state index in [-0.39, 0.29) is 18.2 Å². The summed E-state index contributed by atoms with van der Waals surface area (Å²) in [4.78, 5) is 22.2. The molecule has 0 fully saturated rings. The smallest absolute Gasteiger partial charge is 0.325 e. The van der Waals surface area contributed by atoms with Crippen molar-refractivity contribution >= 4 is 35.1 Å². The fraction of sp³-hybridized carbons (Fsp3) is 0.286. The third-order valence-electron chi connectivity index (χ3n) is 5.87. The van der Waals surface area contributed by atoms with E-state index in [1.54, 1.807) is 31.0 Å². The molecule has 4 rings (SSSR count). The summed E-state index contributed by atoms with van der Waals surface area (Å²) >= 11 is 12.4. The zero-order valence-electron chi connectivity index (χ0n) is 20.9. The number of urea groups is 1. The van der Waals surface area contributed by atoms with Crippen LogP contribution in [0.3, 0.4) is 0 Å². The summed E-state index contributed by atoms with van der Waals surface area (Å²) in [5.74, 6) is 1.76. The lowest BCUT2D eigenvalue weighted by atomic mass is 9.94. The van der Waals surface area contributed by atoms with Gasteiger partial charge < -0.3 is 14.4 Å². The Hall–Kier alpha value is -3.22. The van der Waals surface area contributed by atoms with Gasteiger partial charge in [-0.25, -0.2) is 4.79 Å². The Bertz CT molecular complexity index is 1260. The summed E-state index contributed by atoms with van der Waals surface area (Å²) in [5.41, 5.74) is 2.55. The summed E-state index contributed by atoms with van der Waals surface area (Å²) in [5, 5.41) is 1.25. The Morgan fingerprint density at radius 3 is 2.06 bits per heavy atom. The molecular weight excluding hydrogens is 497 g/mol. The van der Waals surface area contributed by atoms with E-state index in [4.69, 9.17) is 37.7 Å². The van der Waals surface area contributed by atoms with Crippen LogP contribution in [0.25, 0.3) is 0 Å². The molecule has 0 saturated carbocycles. The lowest BCUT2D eigenvalue weighted by Crippen LogP contribution is -2.43. The van der Waals surface area contributed by atoms with E-state index in [1.165, 1.54) is 0 Å². The Morgan fingerprint density at radius 2 is 1.53 bits per heavy atom. The molecule has 3 aromatic carbocycles. The monoisotopic (exact) mass is 525 g/mol. The van der Waals surface area contributed by atoms with Crippen LogP contribution in [0, 0.1) is 0 Å². The van der Waals surface area contributed by atoms with Crippen LogP contribution >= 0.6 is 23.2 Å². The number of carbonyl (C=O) groups is 1. The quantitative estimate of drug-likeness (QED) is 0.347. The first-order chi connectivity index (χ1) is 17.2. The van der Waals surface area contributed by atoms with Crippen molar-refractivity contribution in [2.45, 2.75) is 32.0 Å². The van der Waals surface area contributed by atoms with Gasteiger partial charge >= 0.3 is 6.03 Å². The van der Waals surface area contributed by atoms with E-state index < -0.39 is 6.04 Å². The van der Waals surface area contributed by atoms with Gasteiger partial charge in [-0.15, -0.1) is 0 Å². The zero-order valence-corrected chi connectivity index (χ0v) is 22.4. The molecule has 6 nitrogen and oxygen atoms in total. The average molecular weight is 526 g/mol. The molecule has 3 aromatic rings. The van der Waals surface area contributed by atoms with Gasteiger partial charge in [0.1, 0.15) is 23.4 Å². The van der Waals surface area contributed by atoms with Crippen molar-refractivity contribution in [1.82, 2.24) is 9.80 Å². The van der Waals surface area contributed by atoms with Gasteiger partial charge in [-0.05, 0) is 61.4 Å². The van der Waals surface area contributed by atoms with Gasteiger partial charge in [0.25, 0.3) is 0 Å². The van der Waals surface area contributed by atoms with Gasteiger partial charge in [0.2, 0.25) is 0 Å². The van der Waals surface area contributed by atoms with Crippen LogP contribution in [0.4, 0.5) is 4.79 Å². The molecule has 8 heteroatoms. The zero-order chi connectivity index (χ0) is 26.0. The number of benzene rings is 3. The number of ether oxygens (including phenoxy) is 2. The van der Waals surface area contributed by atoms with E-state index in [2.05, 4.69) is 0 Å². The molecule has 2 unspecified atom stereocenters. The highest BCUT2D eigenvalue weighted by Gasteiger charge is 2.43. The molecule has 0 aliphatic carbocycles. The minimum Gasteiger partial charge on any atom is -0.497 e. The fourth-order valence-electron chi connectivity index (χ4n) is 4.24. The summed E-state index contributed by atoms with van der Waals surface area (Å²) in [6, 6.07) is 19.6. The van der Waals surface area contributed by atoms with Crippen molar-refractivity contribution < 1.29 is 14.3 Å². The largest absolute Gasteiger partial charge is 0.497 e. The summed E-state index contributed by atoms with van der Waals surface area (Å²) in [6.45, 7) is 3.91. The molecule has 2 atom stereocenters. The standard InChI is InChI=1S/C28H29Cl2N3O3/c1-17(2)36-24-16-22(35-5)14-15-23(24)27-31-25(18-6-10-20(29)11-7-18)26(33(27)28(34)32(3)4)19-8-12-21(30)13-9-19/h6-17,25-26H,1-5H3. The SMILES string of the molecule is COc1ccc(C2=NC(c3ccc(Cl)cc3)C(c3ccc(Cl)cc3)N2C(=O)N(C)C)c(OC(C)C)c1. The summed E-state index contributed by atoms with van der Waals surface area (Å²) in [6.07, 6.45) is -0.0880. The fourth-order valence-corrected chi connectivity index (χ4v) is 4.49. The van der Waals surface area contributed by atoms with Crippen LogP contribution in [0.2, 0.25) is 10.0 Å². The first-order valence-corrected chi connectivity index (χ1v) is 12.4. The van der Waals surface area contributed by atoms with Crippen LogP contribution < -0.4 is 9.47 Å². The highest BCUT2D eigenvalue weighted by molar-refractivity contribution is 6.30. The molecular formula is C28H29Cl2N3O3. The maximum absolute atomic E-state index is 13.7. The van der Waals surface area contributed by atoms with Gasteiger partial charge in [0.05, 0.1) is 24.8 Å². The highest BCUT2D eigenvalue weighted by atomic mass is 35.5. The van der Waals surface area contributed by atoms with Crippen LogP contribution in [0.5, 0.6) is 11.5 Å². The second-order valence-corrected chi connectivity index (χ2v) is 9.89. The minimum absolute atomic E-state index is 0.0880. The van der Waals surface area contributed by atoms with Crippen LogP contribution in [-0.4, -0.2) is 49.0 Å². The number of aliphatic imine (C=N–C) groups is 1. The number of hydrogen-bond acceptors (Lipinski definition) is 4. The molecule has 0 radical (unpaired) electrons. The predicted octanol–water partition coefficient (Wildman–Crippen LogP) is 7.02. The second-order valence-electron chi connectivity index (χ2n) is 9.02. The number of amides is 2. The van der Waals surface area contributed by atoms with Gasteiger partial charge in [-0.3, -0.25) is 9.89 Å².